The molecular formula is C14H24N2O3. The molecule has 1 aliphatic heterocycles. The van der Waals surface area contributed by atoms with E-state index in [4.69, 9.17) is 5.11 Å². The van der Waals surface area contributed by atoms with Gasteiger partial charge in [-0.1, -0.05) is 0 Å². The van der Waals surface area contributed by atoms with Gasteiger partial charge in [0.1, 0.15) is 6.04 Å². The van der Waals surface area contributed by atoms with Gasteiger partial charge in [0.2, 0.25) is 11.8 Å². The molecule has 2 rings (SSSR count). The first kappa shape index (κ1) is 14.3. The third-order valence-electron chi connectivity index (χ3n) is 3.90. The maximum absolute atomic E-state index is 12.1. The summed E-state index contributed by atoms with van der Waals surface area (Å²) in [5.41, 5.74) is 0. The number of amides is 2. The van der Waals surface area contributed by atoms with Crippen LogP contribution in [0.5, 0.6) is 0 Å². The number of likely N-dealkylation sites (tertiary alicyclic amines) is 1. The van der Waals surface area contributed by atoms with E-state index in [1.165, 1.54) is 0 Å². The molecule has 2 fully saturated rings. The van der Waals surface area contributed by atoms with Crippen LogP contribution in [-0.2, 0) is 9.59 Å². The van der Waals surface area contributed by atoms with Crippen LogP contribution in [0.2, 0.25) is 0 Å². The molecule has 2 aliphatic rings. The van der Waals surface area contributed by atoms with Crippen LogP contribution in [-0.4, -0.2) is 47.6 Å². The van der Waals surface area contributed by atoms with E-state index >= 15 is 0 Å². The lowest BCUT2D eigenvalue weighted by atomic mass is 10.2. The summed E-state index contributed by atoms with van der Waals surface area (Å²) in [5, 5.41) is 11.6. The van der Waals surface area contributed by atoms with Crippen molar-refractivity contribution >= 4 is 11.8 Å². The fourth-order valence-electron chi connectivity index (χ4n) is 2.61. The van der Waals surface area contributed by atoms with Crippen molar-refractivity contribution in [2.24, 2.45) is 5.92 Å². The topological polar surface area (TPSA) is 69.6 Å². The second kappa shape index (κ2) is 6.89. The van der Waals surface area contributed by atoms with Crippen LogP contribution in [0, 0.1) is 5.92 Å². The minimum atomic E-state index is -0.244. The molecule has 0 aromatic carbocycles. The summed E-state index contributed by atoms with van der Waals surface area (Å²) in [4.78, 5) is 25.9. The number of carbonyl (C=O) groups excluding carboxylic acids is 2. The molecule has 1 atom stereocenters. The van der Waals surface area contributed by atoms with E-state index in [1.807, 2.05) is 0 Å². The van der Waals surface area contributed by atoms with Gasteiger partial charge in [0.15, 0.2) is 0 Å². The van der Waals surface area contributed by atoms with Gasteiger partial charge >= 0.3 is 0 Å². The fraction of sp³-hybridized carbons (Fsp3) is 0.857. The molecule has 1 aliphatic carbocycles. The molecule has 0 spiro atoms. The van der Waals surface area contributed by atoms with E-state index in [2.05, 4.69) is 5.32 Å². The minimum absolute atomic E-state index is 0.00417. The Morgan fingerprint density at radius 1 is 1.16 bits per heavy atom. The molecule has 0 bridgehead atoms. The molecule has 1 saturated carbocycles. The van der Waals surface area contributed by atoms with E-state index in [-0.39, 0.29) is 30.4 Å². The lowest BCUT2D eigenvalue weighted by Crippen LogP contribution is -2.46. The highest BCUT2D eigenvalue weighted by Gasteiger charge is 2.40. The molecule has 5 nitrogen and oxygen atoms in total. The fourth-order valence-corrected chi connectivity index (χ4v) is 2.61. The number of nitrogens with one attached hydrogen (secondary N) is 1. The summed E-state index contributed by atoms with van der Waals surface area (Å²) in [5.74, 6) is 0.367. The van der Waals surface area contributed by atoms with Crippen LogP contribution in [0.4, 0.5) is 0 Å². The number of aliphatic hydroxyl groups is 1. The van der Waals surface area contributed by atoms with Gasteiger partial charge in [0, 0.05) is 25.6 Å². The predicted molar refractivity (Wildman–Crippen MR) is 71.4 cm³/mol. The van der Waals surface area contributed by atoms with Gasteiger partial charge in [0.05, 0.1) is 0 Å². The Morgan fingerprint density at radius 3 is 2.63 bits per heavy atom. The molecule has 0 radical (unpaired) electrons. The van der Waals surface area contributed by atoms with Crippen LogP contribution >= 0.6 is 0 Å². The third-order valence-corrected chi connectivity index (χ3v) is 3.90. The lowest BCUT2D eigenvalue weighted by molar-refractivity contribution is -0.139. The van der Waals surface area contributed by atoms with Crippen molar-refractivity contribution in [3.63, 3.8) is 0 Å². The maximum Gasteiger partial charge on any atom is 0.242 e. The summed E-state index contributed by atoms with van der Waals surface area (Å²) in [6, 6.07) is -0.244. The maximum atomic E-state index is 12.1. The first-order valence-electron chi connectivity index (χ1n) is 7.43. The lowest BCUT2D eigenvalue weighted by Gasteiger charge is -2.24. The van der Waals surface area contributed by atoms with Crippen molar-refractivity contribution < 1.29 is 14.7 Å². The first-order chi connectivity index (χ1) is 9.24. The van der Waals surface area contributed by atoms with E-state index in [0.717, 1.165) is 51.5 Å². The smallest absolute Gasteiger partial charge is 0.242 e. The average Bonchev–Trinajstić information content (AvgIpc) is 3.14. The van der Waals surface area contributed by atoms with Crippen molar-refractivity contribution in [3.8, 4) is 0 Å². The first-order valence-corrected chi connectivity index (χ1v) is 7.43. The molecule has 0 aromatic rings. The molecule has 2 N–H and O–H groups in total. The summed E-state index contributed by atoms with van der Waals surface area (Å²) in [6.07, 6.45) is 6.30. The molecule has 2 amide bonds. The summed E-state index contributed by atoms with van der Waals surface area (Å²) in [6.45, 7) is 1.58. The summed E-state index contributed by atoms with van der Waals surface area (Å²) in [7, 11) is 0. The van der Waals surface area contributed by atoms with Crippen LogP contribution in [0.15, 0.2) is 0 Å². The van der Waals surface area contributed by atoms with Gasteiger partial charge < -0.3 is 15.3 Å². The molecule has 108 valence electrons. The zero-order valence-electron chi connectivity index (χ0n) is 11.4. The normalized spacial score (nSPS) is 22.6. The van der Waals surface area contributed by atoms with Gasteiger partial charge in [-0.05, 0) is 44.9 Å². The molecule has 1 unspecified atom stereocenters. The molecule has 1 heterocycles. The minimum Gasteiger partial charge on any atom is -0.396 e. The van der Waals surface area contributed by atoms with Crippen molar-refractivity contribution in [1.29, 1.82) is 0 Å². The van der Waals surface area contributed by atoms with Crippen LogP contribution in [0.3, 0.4) is 0 Å². The number of hydrogen-bond acceptors (Lipinski definition) is 3. The highest BCUT2D eigenvalue weighted by molar-refractivity contribution is 5.89. The van der Waals surface area contributed by atoms with Gasteiger partial charge in [-0.3, -0.25) is 9.59 Å². The SMILES string of the molecule is O=C(NCCCCCO)C1CCCN1C(=O)C1CC1. The van der Waals surface area contributed by atoms with E-state index in [1.54, 1.807) is 4.90 Å². The Kier molecular flexibility index (Phi) is 5.19. The monoisotopic (exact) mass is 268 g/mol. The molecular weight excluding hydrogens is 244 g/mol. The Labute approximate surface area is 114 Å². The van der Waals surface area contributed by atoms with E-state index in [9.17, 15) is 9.59 Å². The quantitative estimate of drug-likeness (QED) is 0.667. The number of aliphatic hydroxyl groups excluding tert-OH is 1. The zero-order chi connectivity index (χ0) is 13.7. The average molecular weight is 268 g/mol. The van der Waals surface area contributed by atoms with Crippen molar-refractivity contribution in [1.82, 2.24) is 10.2 Å². The van der Waals surface area contributed by atoms with Crippen molar-refractivity contribution in [2.75, 3.05) is 19.7 Å². The van der Waals surface area contributed by atoms with Gasteiger partial charge in [-0.25, -0.2) is 0 Å². The molecule has 5 heteroatoms. The van der Waals surface area contributed by atoms with Gasteiger partial charge in [-0.15, -0.1) is 0 Å². The molecule has 0 aromatic heterocycles. The van der Waals surface area contributed by atoms with E-state index in [0.29, 0.717) is 6.54 Å². The number of nitrogens with zero attached hydrogens (tertiary/aromatic N) is 1. The number of unbranched alkanes of at least 4 members (excludes halogenated alkanes) is 2. The molecule has 19 heavy (non-hydrogen) atoms. The third kappa shape index (κ3) is 3.93. The highest BCUT2D eigenvalue weighted by atomic mass is 16.3. The van der Waals surface area contributed by atoms with Crippen LogP contribution in [0.25, 0.3) is 0 Å². The molecule has 1 saturated heterocycles. The zero-order valence-corrected chi connectivity index (χ0v) is 11.4. The van der Waals surface area contributed by atoms with Crippen LogP contribution in [0.1, 0.15) is 44.9 Å². The largest absolute Gasteiger partial charge is 0.396 e. The number of rotatable bonds is 7. The number of hydrogen-bond donors (Lipinski definition) is 2. The Balaban J connectivity index is 1.72. The second-order valence-corrected chi connectivity index (χ2v) is 5.54. The Bertz CT molecular complexity index is 329. The Hall–Kier alpha value is -1.10. The summed E-state index contributed by atoms with van der Waals surface area (Å²) < 4.78 is 0. The predicted octanol–water partition coefficient (Wildman–Crippen LogP) is 0.666. The standard InChI is InChI=1S/C14H24N2O3/c17-10-3-1-2-8-15-13(18)12-5-4-9-16(12)14(19)11-6-7-11/h11-12,17H,1-10H2,(H,15,18). The van der Waals surface area contributed by atoms with E-state index < -0.39 is 0 Å². The van der Waals surface area contributed by atoms with Crippen molar-refractivity contribution in [2.45, 2.75) is 51.0 Å². The van der Waals surface area contributed by atoms with Crippen LogP contribution < -0.4 is 5.32 Å². The van der Waals surface area contributed by atoms with Gasteiger partial charge in [0.25, 0.3) is 0 Å². The number of carbonyl (C=O) groups is 2. The highest BCUT2D eigenvalue weighted by Crippen LogP contribution is 2.33. The second-order valence-electron chi connectivity index (χ2n) is 5.54. The summed E-state index contributed by atoms with van der Waals surface area (Å²) >= 11 is 0. The van der Waals surface area contributed by atoms with Crippen molar-refractivity contribution in [3.05, 3.63) is 0 Å². The Morgan fingerprint density at radius 2 is 1.95 bits per heavy atom. The van der Waals surface area contributed by atoms with Gasteiger partial charge in [-0.2, -0.15) is 0 Å².